The van der Waals surface area contributed by atoms with E-state index in [-0.39, 0.29) is 11.6 Å². The molecule has 0 saturated carbocycles. The third kappa shape index (κ3) is 4.35. The van der Waals surface area contributed by atoms with Crippen LogP contribution in [0.5, 0.6) is 11.5 Å². The van der Waals surface area contributed by atoms with Gasteiger partial charge >= 0.3 is 5.97 Å². The second kappa shape index (κ2) is 8.02. The highest BCUT2D eigenvalue weighted by Gasteiger charge is 2.10. The molecule has 2 rings (SSSR count). The quantitative estimate of drug-likeness (QED) is 0.275. The third-order valence-electron chi connectivity index (χ3n) is 3.04. The summed E-state index contributed by atoms with van der Waals surface area (Å²) in [7, 11) is 1.48. The van der Waals surface area contributed by atoms with Crippen molar-refractivity contribution in [1.82, 2.24) is 0 Å². The molecule has 0 aromatic heterocycles. The van der Waals surface area contributed by atoms with Gasteiger partial charge in [-0.2, -0.15) is 5.26 Å². The van der Waals surface area contributed by atoms with Crippen LogP contribution in [-0.2, 0) is 4.79 Å². The fourth-order valence-corrected chi connectivity index (χ4v) is 2.03. The zero-order valence-electron chi connectivity index (χ0n) is 12.5. The minimum absolute atomic E-state index is 0.239. The van der Waals surface area contributed by atoms with Crippen molar-refractivity contribution in [2.24, 2.45) is 0 Å². The van der Waals surface area contributed by atoms with Gasteiger partial charge in [0.2, 0.25) is 0 Å². The van der Waals surface area contributed by atoms with Gasteiger partial charge in [0.25, 0.3) is 0 Å². The molecule has 0 atom stereocenters. The van der Waals surface area contributed by atoms with Crippen LogP contribution in [0.1, 0.15) is 11.1 Å². The van der Waals surface area contributed by atoms with E-state index in [1.54, 1.807) is 24.3 Å². The maximum absolute atomic E-state index is 11.3. The Morgan fingerprint density at radius 2 is 1.96 bits per heavy atom. The number of benzene rings is 2. The minimum atomic E-state index is -0.560. The molecule has 0 aliphatic carbocycles. The van der Waals surface area contributed by atoms with E-state index in [1.165, 1.54) is 7.11 Å². The van der Waals surface area contributed by atoms with Crippen LogP contribution in [0.25, 0.3) is 11.6 Å². The summed E-state index contributed by atoms with van der Waals surface area (Å²) in [4.78, 5) is 11.3. The van der Waals surface area contributed by atoms with Gasteiger partial charge in [0.1, 0.15) is 5.88 Å². The van der Waals surface area contributed by atoms with Crippen molar-refractivity contribution in [2.75, 3.05) is 13.0 Å². The molecule has 0 aliphatic rings. The van der Waals surface area contributed by atoms with Crippen LogP contribution in [0, 0.1) is 11.3 Å². The summed E-state index contributed by atoms with van der Waals surface area (Å²) in [5, 5.41) is 9.34. The molecule has 0 spiro atoms. The van der Waals surface area contributed by atoms with Crippen molar-refractivity contribution < 1.29 is 14.3 Å². The summed E-state index contributed by atoms with van der Waals surface area (Å²) in [6.45, 7) is 0. The molecule has 0 bridgehead atoms. The van der Waals surface area contributed by atoms with Gasteiger partial charge in [-0.05, 0) is 29.3 Å². The monoisotopic (exact) mass is 327 g/mol. The Morgan fingerprint density at radius 3 is 2.57 bits per heavy atom. The molecular formula is C18H14ClNO3. The van der Waals surface area contributed by atoms with Gasteiger partial charge in [-0.25, -0.2) is 0 Å². The summed E-state index contributed by atoms with van der Waals surface area (Å²) >= 11 is 5.42. The van der Waals surface area contributed by atoms with Gasteiger partial charge < -0.3 is 9.47 Å². The van der Waals surface area contributed by atoms with Crippen LogP contribution in [0.4, 0.5) is 0 Å². The molecule has 0 aliphatic heterocycles. The average molecular weight is 328 g/mol. The van der Waals surface area contributed by atoms with Crippen molar-refractivity contribution in [1.29, 1.82) is 5.26 Å². The molecule has 23 heavy (non-hydrogen) atoms. The number of carbonyl (C=O) groups is 1. The van der Waals surface area contributed by atoms with E-state index in [4.69, 9.17) is 21.1 Å². The molecule has 0 N–H and O–H groups in total. The summed E-state index contributed by atoms with van der Waals surface area (Å²) in [5.41, 5.74) is 2.11. The van der Waals surface area contributed by atoms with Gasteiger partial charge in [0.05, 0.1) is 18.8 Å². The van der Waals surface area contributed by atoms with Crippen LogP contribution in [0.15, 0.2) is 48.5 Å². The SMILES string of the molecule is COc1cc(/C=C(/C#N)c2ccccc2)ccc1OC(=O)CCl. The van der Waals surface area contributed by atoms with Crippen molar-refractivity contribution in [3.8, 4) is 17.6 Å². The summed E-state index contributed by atoms with van der Waals surface area (Å²) < 4.78 is 10.3. The van der Waals surface area contributed by atoms with E-state index in [9.17, 15) is 10.1 Å². The van der Waals surface area contributed by atoms with Crippen molar-refractivity contribution in [3.05, 3.63) is 59.7 Å². The fraction of sp³-hybridized carbons (Fsp3) is 0.111. The number of nitriles is 1. The van der Waals surface area contributed by atoms with E-state index >= 15 is 0 Å². The highest BCUT2D eigenvalue weighted by atomic mass is 35.5. The van der Waals surface area contributed by atoms with Crippen molar-refractivity contribution >= 4 is 29.2 Å². The fourth-order valence-electron chi connectivity index (χ4n) is 1.97. The lowest BCUT2D eigenvalue weighted by atomic mass is 10.0. The number of allylic oxidation sites excluding steroid dienone is 1. The summed E-state index contributed by atoms with van der Waals surface area (Å²) in [5.74, 6) is -0.122. The Labute approximate surface area is 139 Å². The smallest absolute Gasteiger partial charge is 0.326 e. The molecule has 4 nitrogen and oxygen atoms in total. The molecule has 0 heterocycles. The normalized spacial score (nSPS) is 10.7. The second-order valence-corrected chi connectivity index (χ2v) is 4.82. The van der Waals surface area contributed by atoms with E-state index in [1.807, 2.05) is 30.3 Å². The Hall–Kier alpha value is -2.77. The van der Waals surface area contributed by atoms with Crippen molar-refractivity contribution in [2.45, 2.75) is 0 Å². The molecule has 0 radical (unpaired) electrons. The molecule has 0 amide bonds. The molecule has 0 fully saturated rings. The predicted octanol–water partition coefficient (Wildman–Crippen LogP) is 3.90. The van der Waals surface area contributed by atoms with E-state index in [2.05, 4.69) is 6.07 Å². The predicted molar refractivity (Wildman–Crippen MR) is 89.3 cm³/mol. The largest absolute Gasteiger partial charge is 0.493 e. The van der Waals surface area contributed by atoms with Gasteiger partial charge in [0.15, 0.2) is 11.5 Å². The van der Waals surface area contributed by atoms with Gasteiger partial charge in [-0.15, -0.1) is 11.6 Å². The second-order valence-electron chi connectivity index (χ2n) is 4.55. The number of alkyl halides is 1. The Balaban J connectivity index is 2.35. The summed E-state index contributed by atoms with van der Waals surface area (Å²) in [6, 6.07) is 16.6. The van der Waals surface area contributed by atoms with Crippen LogP contribution in [0.3, 0.4) is 0 Å². The highest BCUT2D eigenvalue weighted by molar-refractivity contribution is 6.26. The van der Waals surface area contributed by atoms with E-state index in [0.29, 0.717) is 11.3 Å². The van der Waals surface area contributed by atoms with Gasteiger partial charge in [-0.3, -0.25) is 4.79 Å². The zero-order chi connectivity index (χ0) is 16.7. The molecule has 2 aromatic carbocycles. The lowest BCUT2D eigenvalue weighted by Crippen LogP contribution is -2.09. The Morgan fingerprint density at radius 1 is 1.22 bits per heavy atom. The molecule has 0 unspecified atom stereocenters. The molecule has 2 aromatic rings. The highest BCUT2D eigenvalue weighted by Crippen LogP contribution is 2.30. The number of hydrogen-bond acceptors (Lipinski definition) is 4. The first-order valence-electron chi connectivity index (χ1n) is 6.80. The average Bonchev–Trinajstić information content (AvgIpc) is 2.61. The third-order valence-corrected chi connectivity index (χ3v) is 3.26. The first kappa shape index (κ1) is 16.6. The van der Waals surface area contributed by atoms with E-state index < -0.39 is 5.97 Å². The van der Waals surface area contributed by atoms with Crippen molar-refractivity contribution in [3.63, 3.8) is 0 Å². The molecular weight excluding hydrogens is 314 g/mol. The lowest BCUT2D eigenvalue weighted by Gasteiger charge is -2.09. The first-order chi connectivity index (χ1) is 11.2. The number of halogens is 1. The van der Waals surface area contributed by atoms with Gasteiger partial charge in [-0.1, -0.05) is 36.4 Å². The number of rotatable bonds is 5. The standard InChI is InChI=1S/C18H14ClNO3/c1-22-17-10-13(7-8-16(17)23-18(21)11-19)9-15(12-20)14-5-3-2-4-6-14/h2-10H,11H2,1H3/b15-9-. The number of nitrogens with zero attached hydrogens (tertiary/aromatic N) is 1. The van der Waals surface area contributed by atoms with Crippen LogP contribution in [-0.4, -0.2) is 19.0 Å². The van der Waals surface area contributed by atoms with Crippen LogP contribution >= 0.6 is 11.6 Å². The minimum Gasteiger partial charge on any atom is -0.493 e. The molecule has 5 heteroatoms. The molecule has 116 valence electrons. The van der Waals surface area contributed by atoms with Crippen LogP contribution < -0.4 is 9.47 Å². The first-order valence-corrected chi connectivity index (χ1v) is 7.33. The maximum atomic E-state index is 11.3. The molecule has 0 saturated heterocycles. The lowest BCUT2D eigenvalue weighted by molar-refractivity contribution is -0.131. The zero-order valence-corrected chi connectivity index (χ0v) is 13.2. The topological polar surface area (TPSA) is 59.3 Å². The Kier molecular flexibility index (Phi) is 5.79. The number of hydrogen-bond donors (Lipinski definition) is 0. The Bertz CT molecular complexity index is 764. The van der Waals surface area contributed by atoms with E-state index in [0.717, 1.165) is 11.1 Å². The summed E-state index contributed by atoms with van der Waals surface area (Å²) in [6.07, 6.45) is 1.74. The number of ether oxygens (including phenoxy) is 2. The number of esters is 1. The number of carbonyl (C=O) groups excluding carboxylic acids is 1. The number of methoxy groups -OCH3 is 1. The van der Waals surface area contributed by atoms with Gasteiger partial charge in [0, 0.05) is 0 Å². The maximum Gasteiger partial charge on any atom is 0.326 e. The van der Waals surface area contributed by atoms with Crippen LogP contribution in [0.2, 0.25) is 0 Å².